The zero-order chi connectivity index (χ0) is 32.5. The predicted molar refractivity (Wildman–Crippen MR) is 184 cm³/mol. The van der Waals surface area contributed by atoms with Crippen LogP contribution in [0.1, 0.15) is 76.0 Å². The SMILES string of the molecule is COC(=O)N[C@H](C(=O)N1CCC[C@H]1c1ncc(-c2ccc3cc(-c4ccc(-c5cnc(C6CCCC6)[nH]5)cc4)ccc3c2)[nH]1)C(C)C. The highest BCUT2D eigenvalue weighted by Gasteiger charge is 2.37. The maximum atomic E-state index is 13.5. The molecule has 47 heavy (non-hydrogen) atoms. The number of carbonyl (C=O) groups excluding carboxylic acids is 2. The number of benzene rings is 3. The van der Waals surface area contributed by atoms with Gasteiger partial charge in [-0.15, -0.1) is 0 Å². The summed E-state index contributed by atoms with van der Waals surface area (Å²) < 4.78 is 4.76. The lowest BCUT2D eigenvalue weighted by atomic mass is 9.98. The molecule has 3 heterocycles. The number of likely N-dealkylation sites (tertiary alicyclic amines) is 1. The fraction of sp³-hybridized carbons (Fsp3) is 0.368. The maximum absolute atomic E-state index is 13.5. The van der Waals surface area contributed by atoms with Gasteiger partial charge in [0, 0.05) is 18.0 Å². The fourth-order valence-electron chi connectivity index (χ4n) is 7.17. The van der Waals surface area contributed by atoms with Crippen molar-refractivity contribution in [3.8, 4) is 33.6 Å². The summed E-state index contributed by atoms with van der Waals surface area (Å²) in [7, 11) is 1.30. The van der Waals surface area contributed by atoms with Crippen molar-refractivity contribution in [1.29, 1.82) is 0 Å². The van der Waals surface area contributed by atoms with Crippen LogP contribution in [0, 0.1) is 5.92 Å². The number of imidazole rings is 2. The van der Waals surface area contributed by atoms with Crippen molar-refractivity contribution in [3.63, 3.8) is 0 Å². The highest BCUT2D eigenvalue weighted by molar-refractivity contribution is 5.91. The first kappa shape index (κ1) is 30.7. The van der Waals surface area contributed by atoms with E-state index in [2.05, 4.69) is 80.9 Å². The average Bonchev–Trinajstić information content (AvgIpc) is 3.93. The van der Waals surface area contributed by atoms with E-state index < -0.39 is 12.1 Å². The minimum Gasteiger partial charge on any atom is -0.453 e. The number of nitrogens with zero attached hydrogens (tertiary/aromatic N) is 3. The second kappa shape index (κ2) is 13.1. The Kier molecular flexibility index (Phi) is 8.54. The summed E-state index contributed by atoms with van der Waals surface area (Å²) in [6, 6.07) is 20.9. The summed E-state index contributed by atoms with van der Waals surface area (Å²) in [5.74, 6) is 2.27. The van der Waals surface area contributed by atoms with Crippen LogP contribution < -0.4 is 5.32 Å². The molecule has 3 aromatic carbocycles. The first-order valence-corrected chi connectivity index (χ1v) is 16.8. The van der Waals surface area contributed by atoms with Gasteiger partial charge in [-0.1, -0.05) is 75.2 Å². The molecule has 1 saturated heterocycles. The van der Waals surface area contributed by atoms with E-state index in [1.165, 1.54) is 43.9 Å². The topological polar surface area (TPSA) is 116 Å². The number of aromatic amines is 2. The van der Waals surface area contributed by atoms with Gasteiger partial charge in [0.05, 0.1) is 36.9 Å². The number of methoxy groups -OCH3 is 1. The minimum atomic E-state index is -0.661. The molecule has 9 nitrogen and oxygen atoms in total. The standard InChI is InChI=1S/C38H42N6O3/c1-23(2)34(43-38(46)47-3)37(45)44-18-6-9-33(44)36-40-22-32(42-36)30-17-16-28-19-27(14-15-29(28)20-30)24-10-12-25(13-11-24)31-21-39-35(41-31)26-7-4-5-8-26/h10-17,19-23,26,33-34H,4-9,18H2,1-3H3,(H,39,41)(H,40,42)(H,43,46)/t33-,34-/m0/s1. The minimum absolute atomic E-state index is 0.0796. The lowest BCUT2D eigenvalue weighted by Gasteiger charge is -2.30. The van der Waals surface area contributed by atoms with Crippen molar-refractivity contribution in [2.45, 2.75) is 70.4 Å². The van der Waals surface area contributed by atoms with E-state index in [1.807, 2.05) is 31.1 Å². The molecule has 5 aromatic rings. The van der Waals surface area contributed by atoms with Crippen molar-refractivity contribution in [2.75, 3.05) is 13.7 Å². The first-order valence-electron chi connectivity index (χ1n) is 16.8. The van der Waals surface area contributed by atoms with E-state index in [0.717, 1.165) is 57.8 Å². The lowest BCUT2D eigenvalue weighted by molar-refractivity contribution is -0.135. The number of H-pyrrole nitrogens is 2. The van der Waals surface area contributed by atoms with Gasteiger partial charge in [-0.3, -0.25) is 4.79 Å². The molecular formula is C38H42N6O3. The number of carbonyl (C=O) groups is 2. The van der Waals surface area contributed by atoms with Gasteiger partial charge in [-0.05, 0) is 71.2 Å². The zero-order valence-electron chi connectivity index (χ0n) is 27.3. The van der Waals surface area contributed by atoms with Crippen molar-refractivity contribution < 1.29 is 14.3 Å². The lowest BCUT2D eigenvalue weighted by Crippen LogP contribution is -2.51. The van der Waals surface area contributed by atoms with E-state index in [0.29, 0.717) is 12.5 Å². The number of ether oxygens (including phenoxy) is 1. The summed E-state index contributed by atoms with van der Waals surface area (Å²) in [6.45, 7) is 4.46. The van der Waals surface area contributed by atoms with Crippen molar-refractivity contribution in [3.05, 3.63) is 84.7 Å². The van der Waals surface area contributed by atoms with Gasteiger partial charge < -0.3 is 24.9 Å². The van der Waals surface area contributed by atoms with Gasteiger partial charge >= 0.3 is 6.09 Å². The molecule has 2 fully saturated rings. The largest absolute Gasteiger partial charge is 0.453 e. The van der Waals surface area contributed by atoms with Crippen LogP contribution in [0.25, 0.3) is 44.4 Å². The predicted octanol–water partition coefficient (Wildman–Crippen LogP) is 7.99. The van der Waals surface area contributed by atoms with Crippen molar-refractivity contribution in [1.82, 2.24) is 30.2 Å². The third-order valence-corrected chi connectivity index (χ3v) is 9.86. The van der Waals surface area contributed by atoms with Gasteiger partial charge in [0.2, 0.25) is 5.91 Å². The molecule has 242 valence electrons. The quantitative estimate of drug-likeness (QED) is 0.161. The Hall–Kier alpha value is -4.92. The normalized spacial score (nSPS) is 17.4. The Labute approximate surface area is 275 Å². The maximum Gasteiger partial charge on any atom is 0.407 e. The fourth-order valence-corrected chi connectivity index (χ4v) is 7.17. The Morgan fingerprint density at radius 2 is 1.38 bits per heavy atom. The molecule has 2 aromatic heterocycles. The average molecular weight is 631 g/mol. The zero-order valence-corrected chi connectivity index (χ0v) is 27.3. The van der Waals surface area contributed by atoms with Gasteiger partial charge in [0.25, 0.3) is 0 Å². The van der Waals surface area contributed by atoms with Crippen LogP contribution in [0.4, 0.5) is 4.79 Å². The Balaban J connectivity index is 1.06. The summed E-state index contributed by atoms with van der Waals surface area (Å²) in [6.07, 6.45) is 9.96. The second-order valence-corrected chi connectivity index (χ2v) is 13.2. The summed E-state index contributed by atoms with van der Waals surface area (Å²) >= 11 is 0. The number of aromatic nitrogens is 4. The van der Waals surface area contributed by atoms with Crippen LogP contribution in [0.2, 0.25) is 0 Å². The highest BCUT2D eigenvalue weighted by atomic mass is 16.5. The molecule has 0 radical (unpaired) electrons. The van der Waals surface area contributed by atoms with Crippen LogP contribution in [-0.4, -0.2) is 56.5 Å². The van der Waals surface area contributed by atoms with E-state index in [1.54, 1.807) is 0 Å². The van der Waals surface area contributed by atoms with Crippen LogP contribution >= 0.6 is 0 Å². The van der Waals surface area contributed by atoms with Crippen molar-refractivity contribution >= 4 is 22.8 Å². The number of hydrogen-bond acceptors (Lipinski definition) is 5. The highest BCUT2D eigenvalue weighted by Crippen LogP contribution is 2.35. The van der Waals surface area contributed by atoms with Crippen LogP contribution in [-0.2, 0) is 9.53 Å². The Bertz CT molecular complexity index is 1880. The van der Waals surface area contributed by atoms with E-state index in [4.69, 9.17) is 9.72 Å². The number of nitrogens with one attached hydrogen (secondary N) is 3. The molecule has 0 bridgehead atoms. The van der Waals surface area contributed by atoms with Crippen LogP contribution in [0.5, 0.6) is 0 Å². The smallest absolute Gasteiger partial charge is 0.407 e. The van der Waals surface area contributed by atoms with Gasteiger partial charge in [-0.2, -0.15) is 0 Å². The van der Waals surface area contributed by atoms with E-state index in [9.17, 15) is 9.59 Å². The monoisotopic (exact) mass is 630 g/mol. The molecule has 3 N–H and O–H groups in total. The van der Waals surface area contributed by atoms with Crippen molar-refractivity contribution in [2.24, 2.45) is 5.92 Å². The van der Waals surface area contributed by atoms with Crippen LogP contribution in [0.3, 0.4) is 0 Å². The van der Waals surface area contributed by atoms with Gasteiger partial charge in [0.15, 0.2) is 0 Å². The third kappa shape index (κ3) is 6.26. The summed E-state index contributed by atoms with van der Waals surface area (Å²) in [5, 5.41) is 5.01. The number of hydrogen-bond donors (Lipinski definition) is 3. The van der Waals surface area contributed by atoms with Gasteiger partial charge in [-0.25, -0.2) is 14.8 Å². The third-order valence-electron chi connectivity index (χ3n) is 9.86. The van der Waals surface area contributed by atoms with Gasteiger partial charge in [0.1, 0.15) is 17.7 Å². The molecule has 9 heteroatoms. The molecule has 1 aliphatic heterocycles. The van der Waals surface area contributed by atoms with E-state index in [-0.39, 0.29) is 17.9 Å². The molecule has 2 aliphatic rings. The molecular weight excluding hydrogens is 588 g/mol. The molecule has 7 rings (SSSR count). The molecule has 0 spiro atoms. The number of fused-ring (bicyclic) bond motifs is 1. The van der Waals surface area contributed by atoms with E-state index >= 15 is 0 Å². The first-order chi connectivity index (χ1) is 22.9. The summed E-state index contributed by atoms with van der Waals surface area (Å²) in [4.78, 5) is 43.7. The molecule has 2 atom stereocenters. The number of rotatable bonds is 8. The molecule has 2 amide bonds. The Morgan fingerprint density at radius 1 is 0.787 bits per heavy atom. The molecule has 1 saturated carbocycles. The molecule has 0 unspecified atom stereocenters. The second-order valence-electron chi connectivity index (χ2n) is 13.2. The number of alkyl carbamates (subject to hydrolysis) is 1. The van der Waals surface area contributed by atoms with Crippen LogP contribution in [0.15, 0.2) is 73.1 Å². The Morgan fingerprint density at radius 3 is 2.09 bits per heavy atom. The molecule has 1 aliphatic carbocycles. The summed E-state index contributed by atoms with van der Waals surface area (Å²) in [5.41, 5.74) is 6.51. The number of amides is 2.